The molecule has 0 aliphatic carbocycles. The topological polar surface area (TPSA) is 91.4 Å². The van der Waals surface area contributed by atoms with Crippen LogP contribution in [0.15, 0.2) is 12.1 Å². The first-order valence-corrected chi connectivity index (χ1v) is 6.43. The first-order chi connectivity index (χ1) is 9.67. The van der Waals surface area contributed by atoms with E-state index in [1.54, 1.807) is 6.07 Å². The van der Waals surface area contributed by atoms with E-state index < -0.39 is 4.92 Å². The maximum absolute atomic E-state index is 11.1. The second-order valence-electron chi connectivity index (χ2n) is 4.95. The summed E-state index contributed by atoms with van der Waals surface area (Å²) in [6, 6.07) is 5.55. The molecule has 2 atom stereocenters. The molecule has 104 valence electrons. The van der Waals surface area contributed by atoms with Gasteiger partial charge in [-0.25, -0.2) is 0 Å². The Hall–Kier alpha value is -2.33. The highest BCUT2D eigenvalue weighted by molar-refractivity contribution is 5.76. The van der Waals surface area contributed by atoms with E-state index in [9.17, 15) is 15.4 Å². The van der Waals surface area contributed by atoms with Crippen LogP contribution in [0, 0.1) is 21.4 Å². The van der Waals surface area contributed by atoms with E-state index in [0.29, 0.717) is 17.5 Å². The molecule has 1 N–H and O–H groups in total. The SMILES string of the molecule is COc1ccc([N+](=O)[O-])c(C#N)c1N1CC2NCCC21. The van der Waals surface area contributed by atoms with Crippen LogP contribution in [-0.2, 0) is 0 Å². The van der Waals surface area contributed by atoms with Crippen LogP contribution in [-0.4, -0.2) is 37.2 Å². The van der Waals surface area contributed by atoms with Gasteiger partial charge in [0.05, 0.1) is 12.0 Å². The zero-order chi connectivity index (χ0) is 14.3. The molecule has 0 amide bonds. The Morgan fingerprint density at radius 3 is 3.00 bits per heavy atom. The number of rotatable bonds is 3. The molecule has 1 aromatic rings. The Morgan fingerprint density at radius 2 is 2.40 bits per heavy atom. The molecule has 0 aromatic heterocycles. The molecular weight excluding hydrogens is 260 g/mol. The molecule has 1 aromatic carbocycles. The summed E-state index contributed by atoms with van der Waals surface area (Å²) >= 11 is 0. The van der Waals surface area contributed by atoms with Crippen molar-refractivity contribution in [3.63, 3.8) is 0 Å². The van der Waals surface area contributed by atoms with Crippen LogP contribution < -0.4 is 15.0 Å². The van der Waals surface area contributed by atoms with Gasteiger partial charge in [-0.2, -0.15) is 5.26 Å². The van der Waals surface area contributed by atoms with Gasteiger partial charge in [-0.15, -0.1) is 0 Å². The summed E-state index contributed by atoms with van der Waals surface area (Å²) < 4.78 is 5.29. The minimum Gasteiger partial charge on any atom is -0.495 e. The molecule has 20 heavy (non-hydrogen) atoms. The van der Waals surface area contributed by atoms with Crippen molar-refractivity contribution in [2.45, 2.75) is 18.5 Å². The summed E-state index contributed by atoms with van der Waals surface area (Å²) in [5.41, 5.74) is 0.464. The number of benzene rings is 1. The molecule has 2 unspecified atom stereocenters. The van der Waals surface area contributed by atoms with Crippen LogP contribution in [0.3, 0.4) is 0 Å². The van der Waals surface area contributed by atoms with Crippen molar-refractivity contribution in [3.05, 3.63) is 27.8 Å². The lowest BCUT2D eigenvalue weighted by Crippen LogP contribution is -2.61. The Morgan fingerprint density at radius 1 is 1.60 bits per heavy atom. The Bertz CT molecular complexity index is 610. The lowest BCUT2D eigenvalue weighted by atomic mass is 9.94. The number of methoxy groups -OCH3 is 1. The molecule has 2 heterocycles. The molecule has 7 nitrogen and oxygen atoms in total. The highest BCUT2D eigenvalue weighted by Gasteiger charge is 2.44. The Balaban J connectivity index is 2.10. The average Bonchev–Trinajstić information content (AvgIpc) is 2.79. The molecule has 0 bridgehead atoms. The fourth-order valence-corrected chi connectivity index (χ4v) is 3.05. The third-order valence-electron chi connectivity index (χ3n) is 4.04. The van der Waals surface area contributed by atoms with Gasteiger partial charge in [-0.05, 0) is 19.0 Å². The Labute approximate surface area is 115 Å². The van der Waals surface area contributed by atoms with E-state index in [2.05, 4.69) is 5.32 Å². The van der Waals surface area contributed by atoms with Gasteiger partial charge in [0.1, 0.15) is 17.5 Å². The standard InChI is InChI=1S/C13H14N4O3/c1-20-12-3-2-10(17(18)19)8(6-14)13(12)16-7-9-11(16)4-5-15-9/h2-3,9,11,15H,4-5,7H2,1H3. The summed E-state index contributed by atoms with van der Waals surface area (Å²) in [5, 5.41) is 23.8. The molecule has 0 saturated carbocycles. The molecule has 2 fully saturated rings. The van der Waals surface area contributed by atoms with Gasteiger partial charge in [-0.1, -0.05) is 0 Å². The van der Waals surface area contributed by atoms with Crippen LogP contribution in [0.2, 0.25) is 0 Å². The van der Waals surface area contributed by atoms with Crippen molar-refractivity contribution >= 4 is 11.4 Å². The van der Waals surface area contributed by atoms with Gasteiger partial charge in [0.25, 0.3) is 5.69 Å². The number of nitrogens with one attached hydrogen (secondary N) is 1. The summed E-state index contributed by atoms with van der Waals surface area (Å²) in [4.78, 5) is 12.6. The molecule has 0 spiro atoms. The number of nitro benzene ring substituents is 1. The fourth-order valence-electron chi connectivity index (χ4n) is 3.05. The minimum atomic E-state index is -0.522. The summed E-state index contributed by atoms with van der Waals surface area (Å²) in [5.74, 6) is 0.512. The van der Waals surface area contributed by atoms with Crippen molar-refractivity contribution in [2.75, 3.05) is 25.1 Å². The third-order valence-corrected chi connectivity index (χ3v) is 4.04. The molecule has 2 aliphatic rings. The zero-order valence-electron chi connectivity index (χ0n) is 11.0. The van der Waals surface area contributed by atoms with Gasteiger partial charge in [0, 0.05) is 24.7 Å². The second-order valence-corrected chi connectivity index (χ2v) is 4.95. The maximum atomic E-state index is 11.1. The van der Waals surface area contributed by atoms with Crippen molar-refractivity contribution in [3.8, 4) is 11.8 Å². The first kappa shape index (κ1) is 12.7. The van der Waals surface area contributed by atoms with Crippen molar-refractivity contribution in [1.29, 1.82) is 5.26 Å². The van der Waals surface area contributed by atoms with Gasteiger partial charge in [0.2, 0.25) is 0 Å². The molecule has 2 saturated heterocycles. The highest BCUT2D eigenvalue weighted by Crippen LogP contribution is 2.43. The molecular formula is C13H14N4O3. The second kappa shape index (κ2) is 4.65. The molecule has 0 radical (unpaired) electrons. The minimum absolute atomic E-state index is 0.0831. The Kier molecular flexibility index (Phi) is 2.95. The predicted octanol–water partition coefficient (Wildman–Crippen LogP) is 1.03. The number of fused-ring (bicyclic) bond motifs is 1. The predicted molar refractivity (Wildman–Crippen MR) is 71.9 cm³/mol. The molecule has 3 rings (SSSR count). The normalized spacial score (nSPS) is 23.7. The van der Waals surface area contributed by atoms with Crippen LogP contribution in [0.5, 0.6) is 5.75 Å². The average molecular weight is 274 g/mol. The lowest BCUT2D eigenvalue weighted by Gasteiger charge is -2.46. The molecule has 7 heteroatoms. The maximum Gasteiger partial charge on any atom is 0.289 e. The summed E-state index contributed by atoms with van der Waals surface area (Å²) in [6.45, 7) is 1.68. The van der Waals surface area contributed by atoms with E-state index in [0.717, 1.165) is 19.5 Å². The number of hydrogen-bond donors (Lipinski definition) is 1. The van der Waals surface area contributed by atoms with Crippen molar-refractivity contribution < 1.29 is 9.66 Å². The van der Waals surface area contributed by atoms with Gasteiger partial charge in [0.15, 0.2) is 5.56 Å². The number of hydrogen-bond acceptors (Lipinski definition) is 6. The zero-order valence-corrected chi connectivity index (χ0v) is 11.0. The number of nitrogens with zero attached hydrogens (tertiary/aromatic N) is 3. The third kappa shape index (κ3) is 1.69. The smallest absolute Gasteiger partial charge is 0.289 e. The number of ether oxygens (including phenoxy) is 1. The van der Waals surface area contributed by atoms with Crippen molar-refractivity contribution in [1.82, 2.24) is 5.32 Å². The van der Waals surface area contributed by atoms with E-state index in [1.807, 2.05) is 11.0 Å². The van der Waals surface area contributed by atoms with E-state index in [-0.39, 0.29) is 17.3 Å². The van der Waals surface area contributed by atoms with E-state index in [4.69, 9.17) is 4.74 Å². The fraction of sp³-hybridized carbons (Fsp3) is 0.462. The number of nitro groups is 1. The number of nitriles is 1. The largest absolute Gasteiger partial charge is 0.495 e. The van der Waals surface area contributed by atoms with Crippen LogP contribution >= 0.6 is 0 Å². The van der Waals surface area contributed by atoms with Crippen molar-refractivity contribution in [2.24, 2.45) is 0 Å². The monoisotopic (exact) mass is 274 g/mol. The van der Waals surface area contributed by atoms with Gasteiger partial charge >= 0.3 is 0 Å². The van der Waals surface area contributed by atoms with E-state index >= 15 is 0 Å². The van der Waals surface area contributed by atoms with Gasteiger partial charge in [-0.3, -0.25) is 10.1 Å². The quantitative estimate of drug-likeness (QED) is 0.653. The first-order valence-electron chi connectivity index (χ1n) is 6.43. The van der Waals surface area contributed by atoms with Crippen LogP contribution in [0.4, 0.5) is 11.4 Å². The summed E-state index contributed by atoms with van der Waals surface area (Å²) in [7, 11) is 1.51. The lowest BCUT2D eigenvalue weighted by molar-refractivity contribution is -0.385. The number of anilines is 1. The van der Waals surface area contributed by atoms with E-state index in [1.165, 1.54) is 13.2 Å². The van der Waals surface area contributed by atoms with Crippen LogP contribution in [0.25, 0.3) is 0 Å². The molecule has 2 aliphatic heterocycles. The van der Waals surface area contributed by atoms with Gasteiger partial charge < -0.3 is 15.0 Å². The van der Waals surface area contributed by atoms with Crippen LogP contribution in [0.1, 0.15) is 12.0 Å². The summed E-state index contributed by atoms with van der Waals surface area (Å²) in [6.07, 6.45) is 0.974. The highest BCUT2D eigenvalue weighted by atomic mass is 16.6.